The van der Waals surface area contributed by atoms with Crippen LogP contribution in [0.4, 0.5) is 5.69 Å². The Morgan fingerprint density at radius 1 is 1.24 bits per heavy atom. The van der Waals surface area contributed by atoms with Crippen molar-refractivity contribution >= 4 is 46.5 Å². The molecule has 1 aromatic heterocycles. The van der Waals surface area contributed by atoms with Crippen LogP contribution in [0.5, 0.6) is 5.75 Å². The lowest BCUT2D eigenvalue weighted by atomic mass is 10.1. The molecule has 0 amide bonds. The second kappa shape index (κ2) is 8.75. The number of aromatic amines is 1. The number of aromatic nitrogens is 1. The topological polar surface area (TPSA) is 75.4 Å². The number of methoxy groups -OCH3 is 1. The van der Waals surface area contributed by atoms with Crippen LogP contribution in [0.15, 0.2) is 53.7 Å². The highest BCUT2D eigenvalue weighted by Crippen LogP contribution is 2.23. The first kappa shape index (κ1) is 19.1. The van der Waals surface area contributed by atoms with E-state index in [9.17, 15) is 0 Å². The second-order valence-corrected chi connectivity index (χ2v) is 5.71. The Bertz CT molecular complexity index is 873. The van der Waals surface area contributed by atoms with Gasteiger partial charge in [0.2, 0.25) is 0 Å². The van der Waals surface area contributed by atoms with E-state index in [4.69, 9.17) is 10.5 Å². The zero-order chi connectivity index (χ0) is 16.9. The maximum absolute atomic E-state index is 5.98. The summed E-state index contributed by atoms with van der Waals surface area (Å²) in [5, 5.41) is 4.32. The minimum Gasteiger partial charge on any atom is -0.495 e. The van der Waals surface area contributed by atoms with E-state index in [2.05, 4.69) is 40.4 Å². The average molecular weight is 450 g/mol. The minimum atomic E-state index is 0. The van der Waals surface area contributed by atoms with Crippen molar-refractivity contribution in [2.75, 3.05) is 19.0 Å². The monoisotopic (exact) mass is 450 g/mol. The molecule has 5 nitrogen and oxygen atoms in total. The van der Waals surface area contributed by atoms with Gasteiger partial charge in [-0.25, -0.2) is 0 Å². The van der Waals surface area contributed by atoms with E-state index < -0.39 is 0 Å². The molecule has 0 saturated heterocycles. The number of halogens is 1. The Kier molecular flexibility index (Phi) is 6.69. The highest BCUT2D eigenvalue weighted by atomic mass is 127. The summed E-state index contributed by atoms with van der Waals surface area (Å²) in [6.45, 7) is 2.71. The van der Waals surface area contributed by atoms with E-state index in [0.29, 0.717) is 12.5 Å². The van der Waals surface area contributed by atoms with Crippen LogP contribution in [-0.2, 0) is 6.42 Å². The van der Waals surface area contributed by atoms with Gasteiger partial charge in [0, 0.05) is 23.6 Å². The fourth-order valence-electron chi connectivity index (χ4n) is 2.73. The third kappa shape index (κ3) is 4.66. The van der Waals surface area contributed by atoms with E-state index in [-0.39, 0.29) is 24.0 Å². The van der Waals surface area contributed by atoms with E-state index in [1.54, 1.807) is 7.11 Å². The maximum Gasteiger partial charge on any atom is 0.193 e. The van der Waals surface area contributed by atoms with E-state index in [1.165, 1.54) is 16.5 Å². The fourth-order valence-corrected chi connectivity index (χ4v) is 2.73. The summed E-state index contributed by atoms with van der Waals surface area (Å²) in [6, 6.07) is 14.0. The first-order valence-corrected chi connectivity index (χ1v) is 7.94. The number of para-hydroxylation sites is 2. The van der Waals surface area contributed by atoms with Crippen LogP contribution < -0.4 is 15.8 Å². The smallest absolute Gasteiger partial charge is 0.193 e. The summed E-state index contributed by atoms with van der Waals surface area (Å²) in [7, 11) is 1.63. The van der Waals surface area contributed by atoms with Crippen LogP contribution in [0, 0.1) is 6.92 Å². The molecule has 3 rings (SSSR count). The number of nitrogens with zero attached hydrogens (tertiary/aromatic N) is 1. The Hall–Kier alpha value is -2.22. The highest BCUT2D eigenvalue weighted by Gasteiger charge is 2.04. The standard InChI is InChI=1S/C19H22N4O.HI/c1-13-7-8-15-14(12-22-17(15)11-13)9-10-21-19(20)23-16-5-3-4-6-18(16)24-2;/h3-8,11-12,22H,9-10H2,1-2H3,(H3,20,21,23);1H. The van der Waals surface area contributed by atoms with Gasteiger partial charge in [0.05, 0.1) is 12.8 Å². The van der Waals surface area contributed by atoms with Gasteiger partial charge in [-0.3, -0.25) is 4.99 Å². The van der Waals surface area contributed by atoms with Gasteiger partial charge in [0.1, 0.15) is 5.75 Å². The number of rotatable bonds is 5. The first-order valence-electron chi connectivity index (χ1n) is 7.94. The molecule has 0 spiro atoms. The molecule has 2 aromatic carbocycles. The average Bonchev–Trinajstić information content (AvgIpc) is 2.97. The predicted octanol–water partition coefficient (Wildman–Crippen LogP) is 4.07. The largest absolute Gasteiger partial charge is 0.495 e. The third-order valence-electron chi connectivity index (χ3n) is 3.96. The van der Waals surface area contributed by atoms with Crippen LogP contribution in [0.3, 0.4) is 0 Å². The summed E-state index contributed by atoms with van der Waals surface area (Å²) in [5.41, 5.74) is 10.4. The van der Waals surface area contributed by atoms with Crippen molar-refractivity contribution in [2.45, 2.75) is 13.3 Å². The number of fused-ring (bicyclic) bond motifs is 1. The Morgan fingerprint density at radius 3 is 2.84 bits per heavy atom. The number of anilines is 1. The van der Waals surface area contributed by atoms with Gasteiger partial charge in [-0.15, -0.1) is 24.0 Å². The number of aryl methyl sites for hydroxylation is 1. The summed E-state index contributed by atoms with van der Waals surface area (Å²) in [6.07, 6.45) is 2.88. The molecule has 1 heterocycles. The number of nitrogens with one attached hydrogen (secondary N) is 2. The number of H-pyrrole nitrogens is 1. The zero-order valence-electron chi connectivity index (χ0n) is 14.4. The van der Waals surface area contributed by atoms with Crippen molar-refractivity contribution in [2.24, 2.45) is 10.7 Å². The van der Waals surface area contributed by atoms with Crippen LogP contribution in [0.1, 0.15) is 11.1 Å². The molecule has 0 aliphatic rings. The summed E-state index contributed by atoms with van der Waals surface area (Å²) < 4.78 is 5.29. The highest BCUT2D eigenvalue weighted by molar-refractivity contribution is 14.0. The van der Waals surface area contributed by atoms with Crippen molar-refractivity contribution in [3.63, 3.8) is 0 Å². The van der Waals surface area contributed by atoms with Gasteiger partial charge in [-0.1, -0.05) is 24.3 Å². The molecule has 0 atom stereocenters. The molecule has 0 aliphatic carbocycles. The molecular weight excluding hydrogens is 427 g/mol. The van der Waals surface area contributed by atoms with Gasteiger partial charge in [-0.05, 0) is 42.7 Å². The molecule has 0 saturated carbocycles. The van der Waals surface area contributed by atoms with Crippen LogP contribution in [0.2, 0.25) is 0 Å². The summed E-state index contributed by atoms with van der Waals surface area (Å²) in [5.74, 6) is 1.12. The SMILES string of the molecule is COc1ccccc1NC(N)=NCCc1c[nH]c2cc(C)ccc12.I. The van der Waals surface area contributed by atoms with Gasteiger partial charge in [-0.2, -0.15) is 0 Å². The number of benzene rings is 2. The number of hydrogen-bond donors (Lipinski definition) is 3. The molecule has 3 aromatic rings. The van der Waals surface area contributed by atoms with Gasteiger partial charge in [0.25, 0.3) is 0 Å². The van der Waals surface area contributed by atoms with Crippen molar-refractivity contribution in [1.29, 1.82) is 0 Å². The Labute approximate surface area is 164 Å². The molecular formula is C19H23IN4O. The predicted molar refractivity (Wildman–Crippen MR) is 115 cm³/mol. The molecule has 0 aliphatic heterocycles. The third-order valence-corrected chi connectivity index (χ3v) is 3.96. The first-order chi connectivity index (χ1) is 11.7. The van der Waals surface area contributed by atoms with Crippen molar-refractivity contribution in [1.82, 2.24) is 4.98 Å². The van der Waals surface area contributed by atoms with Crippen molar-refractivity contribution in [3.05, 3.63) is 59.8 Å². The molecule has 0 unspecified atom stereocenters. The number of ether oxygens (including phenoxy) is 1. The quantitative estimate of drug-likeness (QED) is 0.312. The molecule has 0 radical (unpaired) electrons. The van der Waals surface area contributed by atoms with Crippen LogP contribution in [0.25, 0.3) is 10.9 Å². The number of nitrogens with two attached hydrogens (primary N) is 1. The molecule has 4 N–H and O–H groups in total. The van der Waals surface area contributed by atoms with E-state index in [0.717, 1.165) is 23.4 Å². The van der Waals surface area contributed by atoms with Gasteiger partial charge in [0.15, 0.2) is 5.96 Å². The number of hydrogen-bond acceptors (Lipinski definition) is 2. The molecule has 6 heteroatoms. The van der Waals surface area contributed by atoms with Crippen molar-refractivity contribution in [3.8, 4) is 5.75 Å². The number of guanidine groups is 1. The van der Waals surface area contributed by atoms with E-state index in [1.807, 2.05) is 30.5 Å². The maximum atomic E-state index is 5.98. The summed E-state index contributed by atoms with van der Waals surface area (Å²) >= 11 is 0. The molecule has 25 heavy (non-hydrogen) atoms. The number of aliphatic imine (C=N–C) groups is 1. The minimum absolute atomic E-state index is 0. The second-order valence-electron chi connectivity index (χ2n) is 5.71. The normalized spacial score (nSPS) is 11.2. The van der Waals surface area contributed by atoms with Gasteiger partial charge < -0.3 is 20.8 Å². The fraction of sp³-hybridized carbons (Fsp3) is 0.211. The van der Waals surface area contributed by atoms with E-state index >= 15 is 0 Å². The lowest BCUT2D eigenvalue weighted by Gasteiger charge is -2.10. The van der Waals surface area contributed by atoms with Crippen molar-refractivity contribution < 1.29 is 4.74 Å². The Balaban J connectivity index is 0.00000225. The van der Waals surface area contributed by atoms with Gasteiger partial charge >= 0.3 is 0 Å². The zero-order valence-corrected chi connectivity index (χ0v) is 16.7. The Morgan fingerprint density at radius 2 is 2.04 bits per heavy atom. The molecule has 132 valence electrons. The van der Waals surface area contributed by atoms with Crippen LogP contribution >= 0.6 is 24.0 Å². The van der Waals surface area contributed by atoms with Crippen LogP contribution in [-0.4, -0.2) is 24.6 Å². The molecule has 0 fully saturated rings. The summed E-state index contributed by atoms with van der Waals surface area (Å²) in [4.78, 5) is 7.72. The molecule has 0 bridgehead atoms. The lowest BCUT2D eigenvalue weighted by Crippen LogP contribution is -2.23. The lowest BCUT2D eigenvalue weighted by molar-refractivity contribution is 0.417.